The molecule has 1 aromatic heterocycles. The standard InChI is InChI=1S/C20H26N2O3.C2HF3O2/c23-19(12-15-4-1-2-5-15)22-10-11-24-20-17(22)7-8-18(20)25-14-16-6-3-9-21-13-16;3-2(4,5)1(6)7/h1,3-4,6,9,13,15,17-18,20H,2,5,7-8,10-12,14H2;(H,6,7)/t15?,17-,18-,20+;/m0./s1. The molecule has 2 fully saturated rings. The summed E-state index contributed by atoms with van der Waals surface area (Å²) in [5.41, 5.74) is 1.07. The van der Waals surface area contributed by atoms with Crippen LogP contribution in [-0.2, 0) is 25.7 Å². The lowest BCUT2D eigenvalue weighted by molar-refractivity contribution is -0.192. The first-order chi connectivity index (χ1) is 15.3. The highest BCUT2D eigenvalue weighted by molar-refractivity contribution is 5.77. The number of halogens is 3. The fourth-order valence-corrected chi connectivity index (χ4v) is 4.30. The largest absolute Gasteiger partial charge is 0.490 e. The average Bonchev–Trinajstić information content (AvgIpc) is 3.42. The molecule has 4 atom stereocenters. The van der Waals surface area contributed by atoms with Crippen molar-refractivity contribution >= 4 is 11.9 Å². The lowest BCUT2D eigenvalue weighted by Gasteiger charge is -2.39. The van der Waals surface area contributed by atoms with Crippen molar-refractivity contribution in [2.75, 3.05) is 13.2 Å². The number of pyridine rings is 1. The second-order valence-electron chi connectivity index (χ2n) is 8.05. The number of hydrogen-bond donors (Lipinski definition) is 1. The molecule has 10 heteroatoms. The van der Waals surface area contributed by atoms with Crippen LogP contribution in [0.4, 0.5) is 13.2 Å². The molecule has 0 aromatic carbocycles. The summed E-state index contributed by atoms with van der Waals surface area (Å²) in [6.07, 6.45) is 7.75. The molecule has 32 heavy (non-hydrogen) atoms. The molecule has 0 radical (unpaired) electrons. The number of aromatic nitrogens is 1. The van der Waals surface area contributed by atoms with E-state index in [1.807, 2.05) is 18.3 Å². The fraction of sp³-hybridized carbons (Fsp3) is 0.591. The summed E-state index contributed by atoms with van der Waals surface area (Å²) in [6, 6.07) is 4.11. The van der Waals surface area contributed by atoms with E-state index >= 15 is 0 Å². The van der Waals surface area contributed by atoms with Gasteiger partial charge in [0.1, 0.15) is 6.10 Å². The van der Waals surface area contributed by atoms with Gasteiger partial charge in [-0.15, -0.1) is 0 Å². The molecule has 1 N–H and O–H groups in total. The zero-order valence-corrected chi connectivity index (χ0v) is 17.5. The Balaban J connectivity index is 0.000000360. The van der Waals surface area contributed by atoms with Gasteiger partial charge in [0.15, 0.2) is 0 Å². The van der Waals surface area contributed by atoms with Crippen LogP contribution in [0.25, 0.3) is 0 Å². The second kappa shape index (κ2) is 10.9. The van der Waals surface area contributed by atoms with Gasteiger partial charge in [0.25, 0.3) is 0 Å². The Kier molecular flexibility index (Phi) is 8.25. The zero-order chi connectivity index (χ0) is 23.1. The van der Waals surface area contributed by atoms with E-state index in [4.69, 9.17) is 19.4 Å². The summed E-state index contributed by atoms with van der Waals surface area (Å²) in [7, 11) is 0. The van der Waals surface area contributed by atoms with Crippen LogP contribution >= 0.6 is 0 Å². The van der Waals surface area contributed by atoms with Crippen molar-refractivity contribution in [1.82, 2.24) is 9.88 Å². The molecule has 1 aliphatic heterocycles. The normalized spacial score (nSPS) is 26.9. The highest BCUT2D eigenvalue weighted by atomic mass is 19.4. The summed E-state index contributed by atoms with van der Waals surface area (Å²) >= 11 is 0. The van der Waals surface area contributed by atoms with Crippen molar-refractivity contribution < 1.29 is 37.3 Å². The van der Waals surface area contributed by atoms with Gasteiger partial charge in [-0.2, -0.15) is 13.2 Å². The maximum atomic E-state index is 12.8. The number of carboxylic acids is 1. The monoisotopic (exact) mass is 456 g/mol. The number of morpholine rings is 1. The van der Waals surface area contributed by atoms with Crippen molar-refractivity contribution in [2.24, 2.45) is 5.92 Å². The predicted octanol–water partition coefficient (Wildman–Crippen LogP) is 3.35. The van der Waals surface area contributed by atoms with E-state index in [0.29, 0.717) is 32.1 Å². The zero-order valence-electron chi connectivity index (χ0n) is 17.5. The molecular weight excluding hydrogens is 429 g/mol. The van der Waals surface area contributed by atoms with E-state index < -0.39 is 12.1 Å². The molecule has 1 unspecified atom stereocenters. The van der Waals surface area contributed by atoms with Crippen LogP contribution in [0.3, 0.4) is 0 Å². The van der Waals surface area contributed by atoms with Gasteiger partial charge in [-0.3, -0.25) is 9.78 Å². The molecule has 1 saturated heterocycles. The first-order valence-corrected chi connectivity index (χ1v) is 10.6. The minimum atomic E-state index is -5.08. The average molecular weight is 456 g/mol. The molecule has 2 aliphatic carbocycles. The lowest BCUT2D eigenvalue weighted by atomic mass is 10.0. The Labute approximate surface area is 184 Å². The van der Waals surface area contributed by atoms with Crippen molar-refractivity contribution in [3.63, 3.8) is 0 Å². The molecule has 3 aliphatic rings. The van der Waals surface area contributed by atoms with Gasteiger partial charge in [0.05, 0.1) is 25.4 Å². The molecule has 7 nitrogen and oxygen atoms in total. The van der Waals surface area contributed by atoms with Crippen LogP contribution in [0.1, 0.15) is 37.7 Å². The van der Waals surface area contributed by atoms with Gasteiger partial charge in [-0.1, -0.05) is 18.2 Å². The van der Waals surface area contributed by atoms with Crippen LogP contribution in [0.5, 0.6) is 0 Å². The lowest BCUT2D eigenvalue weighted by Crippen LogP contribution is -2.54. The highest BCUT2D eigenvalue weighted by Gasteiger charge is 2.45. The van der Waals surface area contributed by atoms with E-state index in [2.05, 4.69) is 22.0 Å². The van der Waals surface area contributed by atoms with Gasteiger partial charge in [0.2, 0.25) is 5.91 Å². The van der Waals surface area contributed by atoms with E-state index in [0.717, 1.165) is 31.2 Å². The second-order valence-corrected chi connectivity index (χ2v) is 8.05. The Morgan fingerprint density at radius 1 is 1.28 bits per heavy atom. The third kappa shape index (κ3) is 6.52. The maximum absolute atomic E-state index is 12.8. The number of rotatable bonds is 5. The molecule has 176 valence electrons. The molecule has 1 aromatic rings. The van der Waals surface area contributed by atoms with Gasteiger partial charge in [-0.25, -0.2) is 4.79 Å². The first kappa shape index (κ1) is 24.2. The molecule has 2 heterocycles. The van der Waals surface area contributed by atoms with Crippen molar-refractivity contribution in [1.29, 1.82) is 0 Å². The number of carbonyl (C=O) groups is 2. The molecule has 0 spiro atoms. The Morgan fingerprint density at radius 3 is 2.69 bits per heavy atom. The van der Waals surface area contributed by atoms with E-state index in [1.54, 1.807) is 6.20 Å². The van der Waals surface area contributed by atoms with Gasteiger partial charge >= 0.3 is 12.1 Å². The Bertz CT molecular complexity index is 803. The number of ether oxygens (including phenoxy) is 2. The van der Waals surface area contributed by atoms with Gasteiger partial charge in [-0.05, 0) is 43.2 Å². The smallest absolute Gasteiger partial charge is 0.475 e. The van der Waals surface area contributed by atoms with Gasteiger partial charge in [0, 0.05) is 25.4 Å². The molecule has 1 saturated carbocycles. The van der Waals surface area contributed by atoms with Crippen LogP contribution < -0.4 is 0 Å². The Hall–Kier alpha value is -2.46. The van der Waals surface area contributed by atoms with E-state index in [-0.39, 0.29) is 24.2 Å². The molecular formula is C22H27F3N2O5. The minimum Gasteiger partial charge on any atom is -0.475 e. The topological polar surface area (TPSA) is 89.0 Å². The van der Waals surface area contributed by atoms with Crippen LogP contribution in [0.2, 0.25) is 0 Å². The number of alkyl halides is 3. The highest BCUT2D eigenvalue weighted by Crippen LogP contribution is 2.34. The maximum Gasteiger partial charge on any atom is 0.490 e. The van der Waals surface area contributed by atoms with E-state index in [9.17, 15) is 18.0 Å². The van der Waals surface area contributed by atoms with Crippen molar-refractivity contribution in [3.05, 3.63) is 42.2 Å². The van der Waals surface area contributed by atoms with Crippen LogP contribution in [0.15, 0.2) is 36.7 Å². The number of fused-ring (bicyclic) bond motifs is 1. The predicted molar refractivity (Wildman–Crippen MR) is 107 cm³/mol. The number of nitrogens with zero attached hydrogens (tertiary/aromatic N) is 2. The minimum absolute atomic E-state index is 0.00786. The van der Waals surface area contributed by atoms with E-state index in [1.165, 1.54) is 0 Å². The van der Waals surface area contributed by atoms with Crippen molar-refractivity contribution in [2.45, 2.75) is 63.1 Å². The molecule has 1 amide bonds. The summed E-state index contributed by atoms with van der Waals surface area (Å²) in [4.78, 5) is 27.9. The number of aliphatic carboxylic acids is 1. The number of carbonyl (C=O) groups excluding carboxylic acids is 1. The number of hydrogen-bond acceptors (Lipinski definition) is 5. The molecule has 0 bridgehead atoms. The third-order valence-electron chi connectivity index (χ3n) is 5.83. The Morgan fingerprint density at radius 2 is 2.06 bits per heavy atom. The summed E-state index contributed by atoms with van der Waals surface area (Å²) in [6.45, 7) is 1.87. The summed E-state index contributed by atoms with van der Waals surface area (Å²) in [5.74, 6) is -2.05. The molecule has 4 rings (SSSR count). The van der Waals surface area contributed by atoms with Gasteiger partial charge < -0.3 is 19.5 Å². The number of allylic oxidation sites excluding steroid dienone is 2. The fourth-order valence-electron chi connectivity index (χ4n) is 4.30. The van der Waals surface area contributed by atoms with Crippen molar-refractivity contribution in [3.8, 4) is 0 Å². The first-order valence-electron chi connectivity index (χ1n) is 10.6. The summed E-state index contributed by atoms with van der Waals surface area (Å²) in [5, 5.41) is 7.12. The van der Waals surface area contributed by atoms with Crippen LogP contribution in [0, 0.1) is 5.92 Å². The number of amides is 1. The van der Waals surface area contributed by atoms with Crippen LogP contribution in [-0.4, -0.2) is 64.4 Å². The quantitative estimate of drug-likeness (QED) is 0.684. The summed E-state index contributed by atoms with van der Waals surface area (Å²) < 4.78 is 43.8. The third-order valence-corrected chi connectivity index (χ3v) is 5.83. The SMILES string of the molecule is O=C(CC1C=CCC1)N1CCO[C@H]2[C@@H](OCc3cccnc3)CC[C@@H]21.O=C(O)C(F)(F)F. The number of carboxylic acid groups (broad SMARTS) is 1.